The molecular weight excluding hydrogens is 345 g/mol. The van der Waals surface area contributed by atoms with Gasteiger partial charge < -0.3 is 20.1 Å². The molecule has 1 aliphatic rings. The van der Waals surface area contributed by atoms with Gasteiger partial charge in [0.1, 0.15) is 11.5 Å². The van der Waals surface area contributed by atoms with Crippen molar-refractivity contribution in [3.05, 3.63) is 59.7 Å². The van der Waals surface area contributed by atoms with Crippen LogP contribution >= 0.6 is 0 Å². The molecule has 0 saturated carbocycles. The molecule has 4 nitrogen and oxygen atoms in total. The van der Waals surface area contributed by atoms with Crippen molar-refractivity contribution in [1.82, 2.24) is 10.6 Å². The topological polar surface area (TPSA) is 42.5 Å². The van der Waals surface area contributed by atoms with Crippen molar-refractivity contribution < 1.29 is 22.6 Å². The van der Waals surface area contributed by atoms with E-state index in [0.29, 0.717) is 17.9 Å². The second-order valence-corrected chi connectivity index (χ2v) is 6.14. The Morgan fingerprint density at radius 3 is 2.62 bits per heavy atom. The van der Waals surface area contributed by atoms with Gasteiger partial charge in [-0.1, -0.05) is 30.3 Å². The van der Waals surface area contributed by atoms with Gasteiger partial charge in [0.15, 0.2) is 0 Å². The quantitative estimate of drug-likeness (QED) is 0.816. The van der Waals surface area contributed by atoms with Crippen LogP contribution in [0.1, 0.15) is 23.6 Å². The first kappa shape index (κ1) is 18.5. The Bertz CT molecular complexity index is 722. The molecule has 2 N–H and O–H groups in total. The molecule has 2 atom stereocenters. The van der Waals surface area contributed by atoms with Crippen molar-refractivity contribution >= 4 is 0 Å². The number of ether oxygens (including phenoxy) is 2. The minimum absolute atomic E-state index is 0.164. The van der Waals surface area contributed by atoms with Crippen LogP contribution in [0.2, 0.25) is 0 Å². The Balaban J connectivity index is 1.71. The summed E-state index contributed by atoms with van der Waals surface area (Å²) in [5.41, 5.74) is 1.80. The molecule has 1 heterocycles. The summed E-state index contributed by atoms with van der Waals surface area (Å²) in [6, 6.07) is 14.5. The van der Waals surface area contributed by atoms with E-state index in [0.717, 1.165) is 13.0 Å². The fraction of sp³-hybridized carbons (Fsp3) is 0.368. The van der Waals surface area contributed by atoms with Crippen molar-refractivity contribution in [3.63, 3.8) is 0 Å². The Morgan fingerprint density at radius 2 is 1.92 bits per heavy atom. The summed E-state index contributed by atoms with van der Waals surface area (Å²) in [6.07, 6.45) is -3.78. The minimum atomic E-state index is -4.72. The summed E-state index contributed by atoms with van der Waals surface area (Å²) in [5, 5.41) is 6.90. The molecule has 0 amide bonds. The molecule has 0 aliphatic carbocycles. The van der Waals surface area contributed by atoms with Gasteiger partial charge in [0.25, 0.3) is 0 Å². The summed E-state index contributed by atoms with van der Waals surface area (Å²) < 4.78 is 46.6. The van der Waals surface area contributed by atoms with Crippen LogP contribution in [-0.4, -0.2) is 26.1 Å². The van der Waals surface area contributed by atoms with E-state index >= 15 is 0 Å². The second kappa shape index (κ2) is 7.97. The highest BCUT2D eigenvalue weighted by Crippen LogP contribution is 2.29. The predicted octanol–water partition coefficient (Wildman–Crippen LogP) is 3.79. The molecule has 0 radical (unpaired) electrons. The number of methoxy groups -OCH3 is 1. The van der Waals surface area contributed by atoms with E-state index in [1.807, 2.05) is 18.2 Å². The lowest BCUT2D eigenvalue weighted by molar-refractivity contribution is -0.274. The van der Waals surface area contributed by atoms with Crippen LogP contribution in [-0.2, 0) is 6.54 Å². The van der Waals surface area contributed by atoms with Crippen LogP contribution in [0.4, 0.5) is 13.2 Å². The molecule has 1 fully saturated rings. The molecule has 1 aliphatic heterocycles. The van der Waals surface area contributed by atoms with E-state index in [1.165, 1.54) is 30.9 Å². The number of rotatable bonds is 6. The lowest BCUT2D eigenvalue weighted by Crippen LogP contribution is -2.34. The smallest absolute Gasteiger partial charge is 0.496 e. The number of hydrogen-bond acceptors (Lipinski definition) is 4. The first-order chi connectivity index (χ1) is 12.5. The molecule has 0 spiro atoms. The Kier molecular flexibility index (Phi) is 5.68. The van der Waals surface area contributed by atoms with E-state index < -0.39 is 6.36 Å². The van der Waals surface area contributed by atoms with Crippen LogP contribution in [0.25, 0.3) is 0 Å². The molecule has 0 bridgehead atoms. The maximum absolute atomic E-state index is 12.4. The SMILES string of the molecule is COc1ccc(OC(F)(F)F)cc1CN[C@@H]1CCN[C@@H]1c1ccccc1. The van der Waals surface area contributed by atoms with Crippen molar-refractivity contribution in [3.8, 4) is 11.5 Å². The molecule has 140 valence electrons. The van der Waals surface area contributed by atoms with Gasteiger partial charge in [0, 0.05) is 24.2 Å². The fourth-order valence-electron chi connectivity index (χ4n) is 3.26. The van der Waals surface area contributed by atoms with Crippen molar-refractivity contribution in [2.45, 2.75) is 31.4 Å². The highest BCUT2D eigenvalue weighted by Gasteiger charge is 2.31. The molecule has 0 aromatic heterocycles. The zero-order chi connectivity index (χ0) is 18.6. The third-order valence-corrected chi connectivity index (χ3v) is 4.42. The molecule has 26 heavy (non-hydrogen) atoms. The van der Waals surface area contributed by atoms with Gasteiger partial charge in [-0.15, -0.1) is 13.2 Å². The third kappa shape index (κ3) is 4.68. The first-order valence-corrected chi connectivity index (χ1v) is 8.40. The lowest BCUT2D eigenvalue weighted by atomic mass is 10.0. The Hall–Kier alpha value is -2.25. The summed E-state index contributed by atoms with van der Waals surface area (Å²) in [4.78, 5) is 0. The number of halogens is 3. The minimum Gasteiger partial charge on any atom is -0.496 e. The third-order valence-electron chi connectivity index (χ3n) is 4.42. The average molecular weight is 366 g/mol. The summed E-state index contributed by atoms with van der Waals surface area (Å²) >= 11 is 0. The van der Waals surface area contributed by atoms with Crippen LogP contribution in [0, 0.1) is 0 Å². The normalized spacial score (nSPS) is 20.2. The van der Waals surface area contributed by atoms with Gasteiger partial charge in [-0.2, -0.15) is 0 Å². The van der Waals surface area contributed by atoms with E-state index in [9.17, 15) is 13.2 Å². The summed E-state index contributed by atoms with van der Waals surface area (Å²) in [7, 11) is 1.49. The summed E-state index contributed by atoms with van der Waals surface area (Å²) in [5.74, 6) is 0.272. The maximum atomic E-state index is 12.4. The second-order valence-electron chi connectivity index (χ2n) is 6.14. The van der Waals surface area contributed by atoms with Crippen molar-refractivity contribution in [2.24, 2.45) is 0 Å². The first-order valence-electron chi connectivity index (χ1n) is 8.40. The Labute approximate surface area is 150 Å². The van der Waals surface area contributed by atoms with Crippen molar-refractivity contribution in [2.75, 3.05) is 13.7 Å². The van der Waals surface area contributed by atoms with Gasteiger partial charge in [-0.3, -0.25) is 0 Å². The van der Waals surface area contributed by atoms with Gasteiger partial charge in [-0.25, -0.2) is 0 Å². The molecular formula is C19H21F3N2O2. The molecule has 1 saturated heterocycles. The molecule has 2 aromatic rings. The van der Waals surface area contributed by atoms with E-state index in [4.69, 9.17) is 4.74 Å². The van der Waals surface area contributed by atoms with Gasteiger partial charge >= 0.3 is 6.36 Å². The number of alkyl halides is 3. The van der Waals surface area contributed by atoms with Crippen molar-refractivity contribution in [1.29, 1.82) is 0 Å². The standard InChI is InChI=1S/C19H21F3N2O2/c1-25-17-8-7-15(26-19(20,21)22)11-14(17)12-24-16-9-10-23-18(16)13-5-3-2-4-6-13/h2-8,11,16,18,23-24H,9-10,12H2,1H3/t16-,18-/m1/s1. The largest absolute Gasteiger partial charge is 0.573 e. The monoisotopic (exact) mass is 366 g/mol. The highest BCUT2D eigenvalue weighted by molar-refractivity contribution is 5.40. The van der Waals surface area contributed by atoms with Crippen LogP contribution in [0.3, 0.4) is 0 Å². The van der Waals surface area contributed by atoms with E-state index in [1.54, 1.807) is 0 Å². The predicted molar refractivity (Wildman–Crippen MR) is 92.1 cm³/mol. The van der Waals surface area contributed by atoms with Gasteiger partial charge in [-0.05, 0) is 36.7 Å². The summed E-state index contributed by atoms with van der Waals surface area (Å²) in [6.45, 7) is 1.26. The zero-order valence-electron chi connectivity index (χ0n) is 14.3. The molecule has 7 heteroatoms. The van der Waals surface area contributed by atoms with Gasteiger partial charge in [0.2, 0.25) is 0 Å². The molecule has 3 rings (SSSR count). The number of hydrogen-bond donors (Lipinski definition) is 2. The maximum Gasteiger partial charge on any atom is 0.573 e. The molecule has 0 unspecified atom stereocenters. The molecule has 2 aromatic carbocycles. The van der Waals surface area contributed by atoms with Gasteiger partial charge in [0.05, 0.1) is 7.11 Å². The van der Waals surface area contributed by atoms with E-state index in [2.05, 4.69) is 27.5 Å². The van der Waals surface area contributed by atoms with Crippen LogP contribution in [0.5, 0.6) is 11.5 Å². The zero-order valence-corrected chi connectivity index (χ0v) is 14.3. The van der Waals surface area contributed by atoms with Crippen LogP contribution in [0.15, 0.2) is 48.5 Å². The average Bonchev–Trinajstić information content (AvgIpc) is 3.08. The highest BCUT2D eigenvalue weighted by atomic mass is 19.4. The van der Waals surface area contributed by atoms with Crippen LogP contribution < -0.4 is 20.1 Å². The fourth-order valence-corrected chi connectivity index (χ4v) is 3.26. The Morgan fingerprint density at radius 1 is 1.15 bits per heavy atom. The number of benzene rings is 2. The lowest BCUT2D eigenvalue weighted by Gasteiger charge is -2.22. The number of nitrogens with one attached hydrogen (secondary N) is 2. The van der Waals surface area contributed by atoms with E-state index in [-0.39, 0.29) is 17.8 Å².